The van der Waals surface area contributed by atoms with Crippen LogP contribution in [0.5, 0.6) is 0 Å². The molecule has 0 saturated heterocycles. The molecule has 1 aromatic rings. The van der Waals surface area contributed by atoms with Gasteiger partial charge in [-0.2, -0.15) is 0 Å². The van der Waals surface area contributed by atoms with Crippen LogP contribution in [-0.4, -0.2) is 18.8 Å². The topological polar surface area (TPSA) is 21.3 Å². The fourth-order valence-electron chi connectivity index (χ4n) is 2.32. The molecule has 0 heterocycles. The Labute approximate surface area is 126 Å². The third kappa shape index (κ3) is 3.85. The SMILES string of the molecule is CCNC(c1cccc(Cl)c1Cl)C(C)(CC)OCC. The molecule has 0 aliphatic rings. The zero-order valence-corrected chi connectivity index (χ0v) is 13.6. The predicted octanol–water partition coefficient (Wildman–Crippen LogP) is 4.85. The van der Waals surface area contributed by atoms with Gasteiger partial charge in [-0.15, -0.1) is 0 Å². The Morgan fingerprint density at radius 2 is 1.95 bits per heavy atom. The van der Waals surface area contributed by atoms with E-state index in [1.54, 1.807) is 6.07 Å². The van der Waals surface area contributed by atoms with Gasteiger partial charge in [0.05, 0.1) is 21.7 Å². The Balaban J connectivity index is 3.22. The molecule has 2 nitrogen and oxygen atoms in total. The van der Waals surface area contributed by atoms with Gasteiger partial charge in [0, 0.05) is 6.61 Å². The van der Waals surface area contributed by atoms with Gasteiger partial charge in [0.1, 0.15) is 0 Å². The van der Waals surface area contributed by atoms with E-state index in [1.165, 1.54) is 0 Å². The third-order valence-electron chi connectivity index (χ3n) is 3.49. The van der Waals surface area contributed by atoms with E-state index in [9.17, 15) is 0 Å². The number of ether oxygens (including phenoxy) is 1. The van der Waals surface area contributed by atoms with Gasteiger partial charge < -0.3 is 10.1 Å². The highest BCUT2D eigenvalue weighted by atomic mass is 35.5. The maximum atomic E-state index is 6.36. The van der Waals surface area contributed by atoms with Crippen molar-refractivity contribution in [3.05, 3.63) is 33.8 Å². The van der Waals surface area contributed by atoms with E-state index >= 15 is 0 Å². The van der Waals surface area contributed by atoms with E-state index in [0.29, 0.717) is 16.7 Å². The highest BCUT2D eigenvalue weighted by Gasteiger charge is 2.35. The van der Waals surface area contributed by atoms with Crippen molar-refractivity contribution in [2.24, 2.45) is 0 Å². The average molecular weight is 304 g/mol. The minimum atomic E-state index is -0.306. The molecule has 0 aliphatic carbocycles. The minimum Gasteiger partial charge on any atom is -0.374 e. The van der Waals surface area contributed by atoms with Gasteiger partial charge in [0.25, 0.3) is 0 Å². The summed E-state index contributed by atoms with van der Waals surface area (Å²) in [6.07, 6.45) is 0.890. The summed E-state index contributed by atoms with van der Waals surface area (Å²) in [7, 11) is 0. The molecule has 0 aliphatic heterocycles. The number of halogens is 2. The van der Waals surface area contributed by atoms with Crippen molar-refractivity contribution < 1.29 is 4.74 Å². The molecule has 0 radical (unpaired) electrons. The Kier molecular flexibility index (Phi) is 6.61. The Bertz CT molecular complexity index is 411. The Hall–Kier alpha value is -0.280. The average Bonchev–Trinajstić information content (AvgIpc) is 2.40. The van der Waals surface area contributed by atoms with Crippen LogP contribution < -0.4 is 5.32 Å². The highest BCUT2D eigenvalue weighted by molar-refractivity contribution is 6.42. The van der Waals surface area contributed by atoms with Crippen molar-refractivity contribution in [1.82, 2.24) is 5.32 Å². The summed E-state index contributed by atoms with van der Waals surface area (Å²) in [5, 5.41) is 4.66. The molecular weight excluding hydrogens is 281 g/mol. The van der Waals surface area contributed by atoms with Crippen LogP contribution in [0.4, 0.5) is 0 Å². The van der Waals surface area contributed by atoms with Crippen LogP contribution >= 0.6 is 23.2 Å². The predicted molar refractivity (Wildman–Crippen MR) is 83.2 cm³/mol. The lowest BCUT2D eigenvalue weighted by molar-refractivity contribution is -0.0559. The number of nitrogens with one attached hydrogen (secondary N) is 1. The first-order chi connectivity index (χ1) is 9.00. The summed E-state index contributed by atoms with van der Waals surface area (Å²) in [5.41, 5.74) is 0.688. The molecule has 108 valence electrons. The molecule has 0 fully saturated rings. The van der Waals surface area contributed by atoms with Crippen molar-refractivity contribution >= 4 is 23.2 Å². The molecular formula is C15H23Cl2NO. The van der Waals surface area contributed by atoms with E-state index < -0.39 is 0 Å². The maximum Gasteiger partial charge on any atom is 0.0846 e. The van der Waals surface area contributed by atoms with Crippen LogP contribution in [0, 0.1) is 0 Å². The lowest BCUT2D eigenvalue weighted by atomic mass is 9.87. The standard InChI is InChI=1S/C15H23Cl2NO/c1-5-15(4,19-7-3)14(18-6-2)11-9-8-10-12(16)13(11)17/h8-10,14,18H,5-7H2,1-4H3. The molecule has 4 heteroatoms. The normalized spacial score (nSPS) is 16.1. The van der Waals surface area contributed by atoms with Crippen LogP contribution in [0.3, 0.4) is 0 Å². The summed E-state index contributed by atoms with van der Waals surface area (Å²) in [6.45, 7) is 9.84. The first-order valence-electron chi connectivity index (χ1n) is 6.81. The van der Waals surface area contributed by atoms with Crippen LogP contribution in [0.15, 0.2) is 18.2 Å². The molecule has 0 aromatic heterocycles. The van der Waals surface area contributed by atoms with Gasteiger partial charge in [-0.3, -0.25) is 0 Å². The summed E-state index contributed by atoms with van der Waals surface area (Å²) in [6, 6.07) is 5.76. The van der Waals surface area contributed by atoms with Crippen molar-refractivity contribution in [2.45, 2.75) is 45.8 Å². The van der Waals surface area contributed by atoms with Gasteiger partial charge in [-0.1, -0.05) is 49.2 Å². The largest absolute Gasteiger partial charge is 0.374 e. The lowest BCUT2D eigenvalue weighted by Gasteiger charge is -2.38. The molecule has 2 unspecified atom stereocenters. The van der Waals surface area contributed by atoms with E-state index in [-0.39, 0.29) is 11.6 Å². The number of hydrogen-bond acceptors (Lipinski definition) is 2. The van der Waals surface area contributed by atoms with Gasteiger partial charge in [-0.05, 0) is 38.4 Å². The van der Waals surface area contributed by atoms with Crippen LogP contribution in [0.25, 0.3) is 0 Å². The van der Waals surface area contributed by atoms with Gasteiger partial charge in [0.2, 0.25) is 0 Å². The second-order valence-corrected chi connectivity index (χ2v) is 5.52. The Morgan fingerprint density at radius 3 is 2.47 bits per heavy atom. The maximum absolute atomic E-state index is 6.36. The molecule has 0 spiro atoms. The molecule has 0 saturated carbocycles. The summed E-state index contributed by atoms with van der Waals surface area (Å²) in [5.74, 6) is 0. The Morgan fingerprint density at radius 1 is 1.26 bits per heavy atom. The first-order valence-corrected chi connectivity index (χ1v) is 7.57. The zero-order valence-electron chi connectivity index (χ0n) is 12.1. The second kappa shape index (κ2) is 7.49. The smallest absolute Gasteiger partial charge is 0.0846 e. The number of rotatable bonds is 7. The van der Waals surface area contributed by atoms with E-state index in [2.05, 4.69) is 26.1 Å². The van der Waals surface area contributed by atoms with Crippen molar-refractivity contribution in [3.63, 3.8) is 0 Å². The number of benzene rings is 1. The number of likely N-dealkylation sites (N-methyl/N-ethyl adjacent to an activating group) is 1. The quantitative estimate of drug-likeness (QED) is 0.777. The molecule has 1 N–H and O–H groups in total. The van der Waals surface area contributed by atoms with Crippen LogP contribution in [-0.2, 0) is 4.74 Å². The van der Waals surface area contributed by atoms with Gasteiger partial charge in [0.15, 0.2) is 0 Å². The second-order valence-electron chi connectivity index (χ2n) is 4.73. The van der Waals surface area contributed by atoms with Gasteiger partial charge >= 0.3 is 0 Å². The monoisotopic (exact) mass is 303 g/mol. The summed E-state index contributed by atoms with van der Waals surface area (Å²) >= 11 is 12.5. The number of hydrogen-bond donors (Lipinski definition) is 1. The molecule has 19 heavy (non-hydrogen) atoms. The molecule has 1 aromatic carbocycles. The zero-order chi connectivity index (χ0) is 14.5. The molecule has 0 bridgehead atoms. The van der Waals surface area contributed by atoms with Gasteiger partial charge in [-0.25, -0.2) is 0 Å². The van der Waals surface area contributed by atoms with Crippen LogP contribution in [0.1, 0.15) is 45.7 Å². The molecule has 2 atom stereocenters. The van der Waals surface area contributed by atoms with E-state index in [4.69, 9.17) is 27.9 Å². The molecule has 1 rings (SSSR count). The van der Waals surface area contributed by atoms with Crippen LogP contribution in [0.2, 0.25) is 10.0 Å². The first kappa shape index (κ1) is 16.8. The van der Waals surface area contributed by atoms with Crippen molar-refractivity contribution in [1.29, 1.82) is 0 Å². The summed E-state index contributed by atoms with van der Waals surface area (Å²) < 4.78 is 5.98. The third-order valence-corrected chi connectivity index (χ3v) is 4.32. The van der Waals surface area contributed by atoms with Crippen molar-refractivity contribution in [3.8, 4) is 0 Å². The highest BCUT2D eigenvalue weighted by Crippen LogP contribution is 2.38. The van der Waals surface area contributed by atoms with Crippen molar-refractivity contribution in [2.75, 3.05) is 13.2 Å². The lowest BCUT2D eigenvalue weighted by Crippen LogP contribution is -2.43. The van der Waals surface area contributed by atoms with E-state index in [0.717, 1.165) is 18.5 Å². The summed E-state index contributed by atoms with van der Waals surface area (Å²) in [4.78, 5) is 0. The fourth-order valence-corrected chi connectivity index (χ4v) is 2.74. The molecule has 0 amide bonds. The van der Waals surface area contributed by atoms with E-state index in [1.807, 2.05) is 19.1 Å². The fraction of sp³-hybridized carbons (Fsp3) is 0.600. The minimum absolute atomic E-state index is 0.0219.